The highest BCUT2D eigenvalue weighted by molar-refractivity contribution is 5.79. The third-order valence-corrected chi connectivity index (χ3v) is 3.79. The summed E-state index contributed by atoms with van der Waals surface area (Å²) in [4.78, 5) is 4.63. The van der Waals surface area contributed by atoms with Crippen LogP contribution in [0.4, 0.5) is 0 Å². The number of rotatable bonds is 7. The van der Waals surface area contributed by atoms with E-state index < -0.39 is 0 Å². The summed E-state index contributed by atoms with van der Waals surface area (Å²) in [5.41, 5.74) is 3.16. The van der Waals surface area contributed by atoms with Crippen LogP contribution in [-0.4, -0.2) is 31.3 Å². The molecule has 0 unspecified atom stereocenters. The zero-order valence-electron chi connectivity index (χ0n) is 14.8. The van der Waals surface area contributed by atoms with Gasteiger partial charge in [-0.15, -0.1) is 0 Å². The van der Waals surface area contributed by atoms with Gasteiger partial charge >= 0.3 is 0 Å². The Hall–Kier alpha value is -2.50. The molecule has 0 radical (unpaired) electrons. The van der Waals surface area contributed by atoms with E-state index >= 15 is 0 Å². The molecule has 0 aliphatic carbocycles. The van der Waals surface area contributed by atoms with Crippen LogP contribution in [0.25, 0.3) is 0 Å². The number of benzene rings is 1. The van der Waals surface area contributed by atoms with Gasteiger partial charge in [0.15, 0.2) is 5.96 Å². The molecule has 6 heteroatoms. The second-order valence-electron chi connectivity index (χ2n) is 5.49. The lowest BCUT2D eigenvalue weighted by molar-refractivity contribution is 0.392. The Bertz CT molecular complexity index is 660. The molecule has 2 rings (SSSR count). The van der Waals surface area contributed by atoms with E-state index in [4.69, 9.17) is 9.26 Å². The van der Waals surface area contributed by atoms with Crippen molar-refractivity contribution >= 4 is 5.96 Å². The molecule has 0 amide bonds. The van der Waals surface area contributed by atoms with Gasteiger partial charge in [0.05, 0.1) is 19.3 Å². The number of hydrogen-bond donors (Lipinski definition) is 2. The first-order chi connectivity index (χ1) is 11.7. The number of ether oxygens (including phenoxy) is 1. The molecule has 0 fully saturated rings. The van der Waals surface area contributed by atoms with Gasteiger partial charge in [0.25, 0.3) is 0 Å². The van der Waals surface area contributed by atoms with E-state index in [1.807, 2.05) is 38.1 Å². The summed E-state index contributed by atoms with van der Waals surface area (Å²) in [7, 11) is 1.68. The van der Waals surface area contributed by atoms with Crippen molar-refractivity contribution in [1.29, 1.82) is 0 Å². The summed E-state index contributed by atoms with van der Waals surface area (Å²) < 4.78 is 10.6. The number of hydrogen-bond acceptors (Lipinski definition) is 4. The Morgan fingerprint density at radius 3 is 2.71 bits per heavy atom. The number of aryl methyl sites for hydroxylation is 2. The van der Waals surface area contributed by atoms with Crippen LogP contribution in [0.2, 0.25) is 0 Å². The topological polar surface area (TPSA) is 71.7 Å². The van der Waals surface area contributed by atoms with Crippen molar-refractivity contribution in [2.24, 2.45) is 4.99 Å². The van der Waals surface area contributed by atoms with Crippen molar-refractivity contribution in [3.8, 4) is 5.75 Å². The SMILES string of the molecule is CCNC(=NCc1ccccc1OC)NCCc1c(C)noc1C. The minimum Gasteiger partial charge on any atom is -0.496 e. The molecule has 1 heterocycles. The maximum atomic E-state index is 5.37. The maximum Gasteiger partial charge on any atom is 0.191 e. The summed E-state index contributed by atoms with van der Waals surface area (Å²) in [6.45, 7) is 8.09. The Labute approximate surface area is 143 Å². The highest BCUT2D eigenvalue weighted by atomic mass is 16.5. The normalized spacial score (nSPS) is 11.4. The van der Waals surface area contributed by atoms with Crippen molar-refractivity contribution in [2.45, 2.75) is 33.7 Å². The average molecular weight is 330 g/mol. The van der Waals surface area contributed by atoms with E-state index in [0.29, 0.717) is 6.54 Å². The molecule has 6 nitrogen and oxygen atoms in total. The Morgan fingerprint density at radius 2 is 2.04 bits per heavy atom. The maximum absolute atomic E-state index is 5.37. The quantitative estimate of drug-likeness (QED) is 0.603. The van der Waals surface area contributed by atoms with Gasteiger partial charge in [-0.3, -0.25) is 0 Å². The molecular weight excluding hydrogens is 304 g/mol. The molecule has 2 aromatic rings. The second kappa shape index (κ2) is 8.96. The number of para-hydroxylation sites is 1. The van der Waals surface area contributed by atoms with Gasteiger partial charge in [-0.2, -0.15) is 0 Å². The first-order valence-corrected chi connectivity index (χ1v) is 8.21. The lowest BCUT2D eigenvalue weighted by Gasteiger charge is -2.12. The molecule has 0 saturated carbocycles. The van der Waals surface area contributed by atoms with Gasteiger partial charge in [0.1, 0.15) is 11.5 Å². The summed E-state index contributed by atoms with van der Waals surface area (Å²) in [5, 5.41) is 10.6. The first kappa shape index (κ1) is 17.8. The molecule has 1 aromatic carbocycles. The van der Waals surface area contributed by atoms with Crippen LogP contribution in [0.1, 0.15) is 29.5 Å². The lowest BCUT2D eigenvalue weighted by Crippen LogP contribution is -2.38. The molecule has 0 saturated heterocycles. The fraction of sp³-hybridized carbons (Fsp3) is 0.444. The molecule has 0 spiro atoms. The van der Waals surface area contributed by atoms with E-state index in [1.54, 1.807) is 7.11 Å². The minimum absolute atomic E-state index is 0.560. The number of methoxy groups -OCH3 is 1. The fourth-order valence-corrected chi connectivity index (χ4v) is 2.50. The van der Waals surface area contributed by atoms with Gasteiger partial charge in [0, 0.05) is 24.2 Å². The molecule has 2 N–H and O–H groups in total. The number of aromatic nitrogens is 1. The summed E-state index contributed by atoms with van der Waals surface area (Å²) >= 11 is 0. The molecule has 130 valence electrons. The molecule has 0 aliphatic heterocycles. The third kappa shape index (κ3) is 4.75. The van der Waals surface area contributed by atoms with E-state index in [2.05, 4.69) is 27.7 Å². The summed E-state index contributed by atoms with van der Waals surface area (Å²) in [6, 6.07) is 7.92. The number of aliphatic imine (C=N–C) groups is 1. The monoisotopic (exact) mass is 330 g/mol. The largest absolute Gasteiger partial charge is 0.496 e. The van der Waals surface area contributed by atoms with E-state index in [9.17, 15) is 0 Å². The standard InChI is InChI=1S/C18H26N4O2/c1-5-19-18(20-11-10-16-13(2)22-24-14(16)3)21-12-15-8-6-7-9-17(15)23-4/h6-9H,5,10-12H2,1-4H3,(H2,19,20,21). The van der Waals surface area contributed by atoms with Gasteiger partial charge < -0.3 is 19.9 Å². The van der Waals surface area contributed by atoms with Crippen LogP contribution in [0.3, 0.4) is 0 Å². The van der Waals surface area contributed by atoms with Crippen molar-refractivity contribution in [3.05, 3.63) is 46.8 Å². The van der Waals surface area contributed by atoms with Crippen LogP contribution < -0.4 is 15.4 Å². The number of nitrogens with zero attached hydrogens (tertiary/aromatic N) is 2. The second-order valence-corrected chi connectivity index (χ2v) is 5.49. The molecular formula is C18H26N4O2. The lowest BCUT2D eigenvalue weighted by atomic mass is 10.1. The smallest absolute Gasteiger partial charge is 0.191 e. The highest BCUT2D eigenvalue weighted by Crippen LogP contribution is 2.17. The van der Waals surface area contributed by atoms with Crippen molar-refractivity contribution in [1.82, 2.24) is 15.8 Å². The fourth-order valence-electron chi connectivity index (χ4n) is 2.50. The molecule has 0 bridgehead atoms. The van der Waals surface area contributed by atoms with Crippen LogP contribution in [0.15, 0.2) is 33.8 Å². The van der Waals surface area contributed by atoms with Crippen LogP contribution in [0.5, 0.6) is 5.75 Å². The molecule has 0 atom stereocenters. The van der Waals surface area contributed by atoms with Crippen LogP contribution >= 0.6 is 0 Å². The van der Waals surface area contributed by atoms with Crippen LogP contribution in [0, 0.1) is 13.8 Å². The van der Waals surface area contributed by atoms with Gasteiger partial charge in [-0.05, 0) is 33.3 Å². The van der Waals surface area contributed by atoms with E-state index in [-0.39, 0.29) is 0 Å². The minimum atomic E-state index is 0.560. The molecule has 0 aliphatic rings. The van der Waals surface area contributed by atoms with Crippen molar-refractivity contribution in [3.63, 3.8) is 0 Å². The van der Waals surface area contributed by atoms with Crippen molar-refractivity contribution < 1.29 is 9.26 Å². The van der Waals surface area contributed by atoms with Crippen LogP contribution in [-0.2, 0) is 13.0 Å². The van der Waals surface area contributed by atoms with E-state index in [1.165, 1.54) is 0 Å². The Kier molecular flexibility index (Phi) is 6.66. The zero-order chi connectivity index (χ0) is 17.4. The molecule has 1 aromatic heterocycles. The Balaban J connectivity index is 1.95. The highest BCUT2D eigenvalue weighted by Gasteiger charge is 2.08. The number of nitrogens with one attached hydrogen (secondary N) is 2. The molecule has 24 heavy (non-hydrogen) atoms. The van der Waals surface area contributed by atoms with Gasteiger partial charge in [-0.1, -0.05) is 23.4 Å². The van der Waals surface area contributed by atoms with E-state index in [0.717, 1.165) is 53.8 Å². The number of guanidine groups is 1. The Morgan fingerprint density at radius 1 is 1.25 bits per heavy atom. The van der Waals surface area contributed by atoms with Gasteiger partial charge in [-0.25, -0.2) is 4.99 Å². The predicted molar refractivity (Wildman–Crippen MR) is 95.5 cm³/mol. The van der Waals surface area contributed by atoms with Gasteiger partial charge in [0.2, 0.25) is 0 Å². The average Bonchev–Trinajstić information content (AvgIpc) is 2.91. The predicted octanol–water partition coefficient (Wildman–Crippen LogP) is 2.60. The zero-order valence-corrected chi connectivity index (χ0v) is 14.8. The summed E-state index contributed by atoms with van der Waals surface area (Å²) in [6.07, 6.45) is 0.847. The summed E-state index contributed by atoms with van der Waals surface area (Å²) in [5.74, 6) is 2.52. The van der Waals surface area contributed by atoms with Crippen molar-refractivity contribution in [2.75, 3.05) is 20.2 Å². The first-order valence-electron chi connectivity index (χ1n) is 8.21. The third-order valence-electron chi connectivity index (χ3n) is 3.79.